The molecule has 116 valence electrons. The minimum absolute atomic E-state index is 0.663. The lowest BCUT2D eigenvalue weighted by Gasteiger charge is -2.07. The normalized spacial score (nSPS) is 11.2. The van der Waals surface area contributed by atoms with E-state index in [4.69, 9.17) is 4.74 Å². The first-order valence-electron chi connectivity index (χ1n) is 7.14. The fraction of sp³-hybridized carbons (Fsp3) is 0.400. The lowest BCUT2D eigenvalue weighted by atomic mass is 10.2. The summed E-state index contributed by atoms with van der Waals surface area (Å²) in [4.78, 5) is 8.61. The van der Waals surface area contributed by atoms with E-state index in [1.807, 2.05) is 23.1 Å². The van der Waals surface area contributed by atoms with Crippen molar-refractivity contribution in [2.24, 2.45) is 0 Å². The summed E-state index contributed by atoms with van der Waals surface area (Å²) >= 11 is 1.65. The van der Waals surface area contributed by atoms with Crippen molar-refractivity contribution in [1.82, 2.24) is 19.7 Å². The Morgan fingerprint density at radius 1 is 1.32 bits per heavy atom. The molecule has 0 aliphatic heterocycles. The Bertz CT molecular complexity index is 779. The zero-order valence-electron chi connectivity index (χ0n) is 13.0. The second-order valence-electron chi connectivity index (χ2n) is 5.08. The zero-order chi connectivity index (χ0) is 15.5. The Balaban J connectivity index is 1.79. The van der Waals surface area contributed by atoms with Gasteiger partial charge in [0.15, 0.2) is 0 Å². The van der Waals surface area contributed by atoms with E-state index in [9.17, 15) is 0 Å². The number of nitrogens with one attached hydrogen (secondary N) is 1. The number of aryl methyl sites for hydroxylation is 1. The van der Waals surface area contributed by atoms with E-state index in [1.165, 1.54) is 11.3 Å². The molecule has 0 saturated heterocycles. The summed E-state index contributed by atoms with van der Waals surface area (Å²) in [5.41, 5.74) is 4.39. The van der Waals surface area contributed by atoms with Crippen LogP contribution in [0.1, 0.15) is 17.0 Å². The number of hydrogen-bond acceptors (Lipinski definition) is 6. The first-order valence-corrected chi connectivity index (χ1v) is 8.02. The van der Waals surface area contributed by atoms with Crippen LogP contribution in [0.5, 0.6) is 0 Å². The molecule has 0 atom stereocenters. The van der Waals surface area contributed by atoms with E-state index < -0.39 is 0 Å². The van der Waals surface area contributed by atoms with Gasteiger partial charge in [0.2, 0.25) is 0 Å². The molecule has 7 heteroatoms. The van der Waals surface area contributed by atoms with E-state index in [2.05, 4.69) is 27.3 Å². The van der Waals surface area contributed by atoms with Crippen LogP contribution in [0.2, 0.25) is 0 Å². The number of rotatable bonds is 6. The lowest BCUT2D eigenvalue weighted by Crippen LogP contribution is -2.08. The summed E-state index contributed by atoms with van der Waals surface area (Å²) in [6, 6.07) is 2.01. The SMILES string of the molecule is COCCn1nc(C)c(CNc2ncnc3ccsc23)c1C. The number of aromatic nitrogens is 4. The lowest BCUT2D eigenvalue weighted by molar-refractivity contribution is 0.182. The van der Waals surface area contributed by atoms with E-state index in [-0.39, 0.29) is 0 Å². The van der Waals surface area contributed by atoms with Crippen LogP contribution in [0.3, 0.4) is 0 Å². The molecule has 22 heavy (non-hydrogen) atoms. The number of fused-ring (bicyclic) bond motifs is 1. The molecule has 0 aromatic carbocycles. The zero-order valence-corrected chi connectivity index (χ0v) is 13.8. The topological polar surface area (TPSA) is 64.9 Å². The Kier molecular flexibility index (Phi) is 4.35. The van der Waals surface area contributed by atoms with Crippen molar-refractivity contribution in [2.45, 2.75) is 26.9 Å². The summed E-state index contributed by atoms with van der Waals surface area (Å²) in [6.07, 6.45) is 1.60. The van der Waals surface area contributed by atoms with E-state index >= 15 is 0 Å². The van der Waals surface area contributed by atoms with Crippen molar-refractivity contribution in [3.05, 3.63) is 34.7 Å². The third-order valence-electron chi connectivity index (χ3n) is 3.71. The van der Waals surface area contributed by atoms with Gasteiger partial charge in [0, 0.05) is 24.9 Å². The van der Waals surface area contributed by atoms with Crippen LogP contribution in [0.4, 0.5) is 5.82 Å². The van der Waals surface area contributed by atoms with Crippen LogP contribution in [-0.4, -0.2) is 33.5 Å². The van der Waals surface area contributed by atoms with Gasteiger partial charge in [-0.05, 0) is 25.3 Å². The summed E-state index contributed by atoms with van der Waals surface area (Å²) < 4.78 is 8.21. The van der Waals surface area contributed by atoms with E-state index in [0.717, 1.165) is 28.3 Å². The van der Waals surface area contributed by atoms with E-state index in [0.29, 0.717) is 13.2 Å². The monoisotopic (exact) mass is 317 g/mol. The van der Waals surface area contributed by atoms with Crippen LogP contribution in [0.25, 0.3) is 10.2 Å². The number of ether oxygens (including phenoxy) is 1. The number of anilines is 1. The van der Waals surface area contributed by atoms with Crippen LogP contribution in [0, 0.1) is 13.8 Å². The Hall–Kier alpha value is -1.99. The van der Waals surface area contributed by atoms with E-state index in [1.54, 1.807) is 24.8 Å². The Morgan fingerprint density at radius 3 is 3.00 bits per heavy atom. The molecule has 6 nitrogen and oxygen atoms in total. The predicted octanol–water partition coefficient (Wildman–Crippen LogP) is 2.76. The molecule has 3 heterocycles. The smallest absolute Gasteiger partial charge is 0.147 e. The number of hydrogen-bond donors (Lipinski definition) is 1. The van der Waals surface area contributed by atoms with Gasteiger partial charge in [-0.1, -0.05) is 0 Å². The highest BCUT2D eigenvalue weighted by Crippen LogP contribution is 2.25. The first kappa shape index (κ1) is 14.9. The highest BCUT2D eigenvalue weighted by molar-refractivity contribution is 7.17. The maximum Gasteiger partial charge on any atom is 0.147 e. The van der Waals surface area contributed by atoms with Crippen molar-refractivity contribution >= 4 is 27.4 Å². The maximum atomic E-state index is 5.13. The second kappa shape index (κ2) is 6.41. The molecule has 0 aliphatic carbocycles. The third kappa shape index (κ3) is 2.82. The summed E-state index contributed by atoms with van der Waals surface area (Å²) in [5, 5.41) is 10.0. The molecule has 0 amide bonds. The van der Waals surface area contributed by atoms with Crippen LogP contribution in [-0.2, 0) is 17.8 Å². The van der Waals surface area contributed by atoms with Crippen molar-refractivity contribution in [3.8, 4) is 0 Å². The van der Waals surface area contributed by atoms with Gasteiger partial charge < -0.3 is 10.1 Å². The van der Waals surface area contributed by atoms with Gasteiger partial charge in [-0.25, -0.2) is 9.97 Å². The molecule has 3 rings (SSSR count). The molecule has 1 N–H and O–H groups in total. The molecule has 3 aromatic rings. The highest BCUT2D eigenvalue weighted by Gasteiger charge is 2.12. The minimum Gasteiger partial charge on any atom is -0.383 e. The van der Waals surface area contributed by atoms with Gasteiger partial charge >= 0.3 is 0 Å². The molecule has 0 radical (unpaired) electrons. The van der Waals surface area contributed by atoms with Crippen molar-refractivity contribution in [2.75, 3.05) is 19.0 Å². The van der Waals surface area contributed by atoms with Crippen molar-refractivity contribution in [1.29, 1.82) is 0 Å². The Morgan fingerprint density at radius 2 is 2.18 bits per heavy atom. The van der Waals surface area contributed by atoms with Crippen molar-refractivity contribution < 1.29 is 4.74 Å². The largest absolute Gasteiger partial charge is 0.383 e. The predicted molar refractivity (Wildman–Crippen MR) is 88.3 cm³/mol. The molecule has 0 spiro atoms. The molecule has 0 fully saturated rings. The molecule has 0 bridgehead atoms. The molecular weight excluding hydrogens is 298 g/mol. The fourth-order valence-electron chi connectivity index (χ4n) is 2.47. The quantitative estimate of drug-likeness (QED) is 0.757. The first-order chi connectivity index (χ1) is 10.7. The molecule has 0 aliphatic rings. The average molecular weight is 317 g/mol. The number of thiophene rings is 1. The molecular formula is C15H19N5OS. The van der Waals surface area contributed by atoms with Gasteiger partial charge in [-0.2, -0.15) is 5.10 Å². The molecule has 0 unspecified atom stereocenters. The van der Waals surface area contributed by atoms with Gasteiger partial charge in [-0.15, -0.1) is 11.3 Å². The van der Waals surface area contributed by atoms with Gasteiger partial charge in [-0.3, -0.25) is 4.68 Å². The van der Waals surface area contributed by atoms with Gasteiger partial charge in [0.25, 0.3) is 0 Å². The fourth-order valence-corrected chi connectivity index (χ4v) is 3.28. The highest BCUT2D eigenvalue weighted by atomic mass is 32.1. The standard InChI is InChI=1S/C15H19N5OS/c1-10-12(11(2)20(19-10)5-6-21-3)8-16-15-14-13(4-7-22-14)17-9-18-15/h4,7,9H,5-6,8H2,1-3H3,(H,16,17,18). The summed E-state index contributed by atoms with van der Waals surface area (Å²) in [5.74, 6) is 0.878. The number of nitrogens with zero attached hydrogens (tertiary/aromatic N) is 4. The van der Waals surface area contributed by atoms with Crippen LogP contribution in [0.15, 0.2) is 17.8 Å². The van der Waals surface area contributed by atoms with Gasteiger partial charge in [0.05, 0.1) is 29.1 Å². The van der Waals surface area contributed by atoms with Crippen molar-refractivity contribution in [3.63, 3.8) is 0 Å². The Labute approximate surface area is 133 Å². The third-order valence-corrected chi connectivity index (χ3v) is 4.62. The second-order valence-corrected chi connectivity index (χ2v) is 5.99. The molecule has 3 aromatic heterocycles. The van der Waals surface area contributed by atoms with Crippen LogP contribution >= 0.6 is 11.3 Å². The molecule has 0 saturated carbocycles. The summed E-state index contributed by atoms with van der Waals surface area (Å²) in [7, 11) is 1.70. The average Bonchev–Trinajstić information content (AvgIpc) is 3.09. The number of methoxy groups -OCH3 is 1. The maximum absolute atomic E-state index is 5.13. The minimum atomic E-state index is 0.663. The van der Waals surface area contributed by atoms with Gasteiger partial charge in [0.1, 0.15) is 12.1 Å². The summed E-state index contributed by atoms with van der Waals surface area (Å²) in [6.45, 7) is 6.26. The van der Waals surface area contributed by atoms with Crippen LogP contribution < -0.4 is 5.32 Å².